The molecule has 0 spiro atoms. The van der Waals surface area contributed by atoms with Crippen molar-refractivity contribution in [1.29, 1.82) is 0 Å². The molecule has 1 aliphatic rings. The van der Waals surface area contributed by atoms with E-state index in [9.17, 15) is 5.11 Å². The van der Waals surface area contributed by atoms with Crippen LogP contribution in [-0.2, 0) is 4.74 Å². The molecule has 6 heteroatoms. The van der Waals surface area contributed by atoms with Gasteiger partial charge in [-0.2, -0.15) is 4.98 Å². The van der Waals surface area contributed by atoms with Crippen molar-refractivity contribution in [3.05, 3.63) is 24.3 Å². The molecule has 94 valence electrons. The fourth-order valence-electron chi connectivity index (χ4n) is 2.03. The number of hydrogen-bond donors (Lipinski definition) is 1. The zero-order chi connectivity index (χ0) is 12.4. The highest BCUT2D eigenvalue weighted by Gasteiger charge is 2.22. The summed E-state index contributed by atoms with van der Waals surface area (Å²) in [6, 6.07) is 1.65. The van der Waals surface area contributed by atoms with Crippen LogP contribution in [0.1, 0.15) is 24.6 Å². The fourth-order valence-corrected chi connectivity index (χ4v) is 2.03. The van der Waals surface area contributed by atoms with Gasteiger partial charge in [0.25, 0.3) is 5.89 Å². The van der Waals surface area contributed by atoms with Crippen LogP contribution in [0.5, 0.6) is 5.75 Å². The molecular formula is C12H13N3O3. The lowest BCUT2D eigenvalue weighted by atomic mass is 10.00. The molecule has 1 N–H and O–H groups in total. The van der Waals surface area contributed by atoms with E-state index in [1.807, 2.05) is 0 Å². The first-order valence-corrected chi connectivity index (χ1v) is 5.89. The minimum atomic E-state index is 0.0414. The topological polar surface area (TPSA) is 81.3 Å². The molecule has 0 aromatic carbocycles. The van der Waals surface area contributed by atoms with Crippen LogP contribution in [0, 0.1) is 0 Å². The summed E-state index contributed by atoms with van der Waals surface area (Å²) in [6.45, 7) is 1.46. The van der Waals surface area contributed by atoms with E-state index in [1.54, 1.807) is 12.3 Å². The summed E-state index contributed by atoms with van der Waals surface area (Å²) in [5, 5.41) is 13.7. The highest BCUT2D eigenvalue weighted by Crippen LogP contribution is 2.30. The average molecular weight is 247 g/mol. The molecule has 2 aromatic rings. The van der Waals surface area contributed by atoms with Crippen LogP contribution < -0.4 is 0 Å². The molecule has 1 saturated heterocycles. The smallest absolute Gasteiger partial charge is 0.261 e. The second-order valence-corrected chi connectivity index (χ2v) is 4.24. The first kappa shape index (κ1) is 11.2. The van der Waals surface area contributed by atoms with Crippen molar-refractivity contribution in [1.82, 2.24) is 15.1 Å². The van der Waals surface area contributed by atoms with Gasteiger partial charge in [0.2, 0.25) is 0 Å². The van der Waals surface area contributed by atoms with Crippen molar-refractivity contribution in [3.8, 4) is 17.2 Å². The van der Waals surface area contributed by atoms with Crippen molar-refractivity contribution in [2.24, 2.45) is 0 Å². The van der Waals surface area contributed by atoms with E-state index < -0.39 is 0 Å². The summed E-state index contributed by atoms with van der Waals surface area (Å²) >= 11 is 0. The quantitative estimate of drug-likeness (QED) is 0.870. The maximum atomic E-state index is 9.67. The highest BCUT2D eigenvalue weighted by atomic mass is 16.5. The number of rotatable bonds is 2. The zero-order valence-electron chi connectivity index (χ0n) is 9.74. The van der Waals surface area contributed by atoms with Crippen LogP contribution in [0.3, 0.4) is 0 Å². The van der Waals surface area contributed by atoms with Crippen LogP contribution in [0.2, 0.25) is 0 Å². The van der Waals surface area contributed by atoms with Gasteiger partial charge in [-0.1, -0.05) is 5.16 Å². The Labute approximate surface area is 104 Å². The molecule has 3 heterocycles. The second kappa shape index (κ2) is 4.73. The Morgan fingerprint density at radius 2 is 2.11 bits per heavy atom. The van der Waals surface area contributed by atoms with Gasteiger partial charge in [0.1, 0.15) is 5.75 Å². The van der Waals surface area contributed by atoms with E-state index in [2.05, 4.69) is 15.1 Å². The summed E-state index contributed by atoms with van der Waals surface area (Å²) < 4.78 is 10.5. The first-order valence-electron chi connectivity index (χ1n) is 5.89. The van der Waals surface area contributed by atoms with E-state index in [4.69, 9.17) is 9.26 Å². The van der Waals surface area contributed by atoms with Gasteiger partial charge in [-0.05, 0) is 18.9 Å². The van der Waals surface area contributed by atoms with Gasteiger partial charge >= 0.3 is 0 Å². The SMILES string of the molecule is Oc1cnccc1-c1nc(C2CCOCC2)no1. The molecule has 0 atom stereocenters. The lowest BCUT2D eigenvalue weighted by molar-refractivity contribution is 0.0830. The van der Waals surface area contributed by atoms with Gasteiger partial charge in [-0.25, -0.2) is 0 Å². The molecule has 0 amide bonds. The van der Waals surface area contributed by atoms with E-state index in [0.717, 1.165) is 26.1 Å². The van der Waals surface area contributed by atoms with Gasteiger partial charge in [0.05, 0.1) is 11.8 Å². The van der Waals surface area contributed by atoms with Crippen molar-refractivity contribution in [3.63, 3.8) is 0 Å². The second-order valence-electron chi connectivity index (χ2n) is 4.24. The summed E-state index contributed by atoms with van der Waals surface area (Å²) in [4.78, 5) is 8.15. The predicted octanol–water partition coefficient (Wildman–Crippen LogP) is 1.73. The maximum Gasteiger partial charge on any atom is 0.261 e. The predicted molar refractivity (Wildman–Crippen MR) is 62.0 cm³/mol. The molecular weight excluding hydrogens is 234 g/mol. The highest BCUT2D eigenvalue weighted by molar-refractivity contribution is 5.60. The molecule has 1 fully saturated rings. The number of aromatic nitrogens is 3. The standard InChI is InChI=1S/C12H13N3O3/c16-10-7-13-4-1-9(10)12-14-11(15-18-12)8-2-5-17-6-3-8/h1,4,7-8,16H,2-3,5-6H2. The molecule has 18 heavy (non-hydrogen) atoms. The zero-order valence-corrected chi connectivity index (χ0v) is 9.74. The van der Waals surface area contributed by atoms with E-state index in [0.29, 0.717) is 17.3 Å². The Kier molecular flexibility index (Phi) is 2.93. The number of ether oxygens (including phenoxy) is 1. The summed E-state index contributed by atoms with van der Waals surface area (Å²) in [6.07, 6.45) is 4.74. The molecule has 0 saturated carbocycles. The monoisotopic (exact) mass is 247 g/mol. The van der Waals surface area contributed by atoms with E-state index in [-0.39, 0.29) is 11.7 Å². The Bertz CT molecular complexity index is 535. The minimum absolute atomic E-state index is 0.0414. The van der Waals surface area contributed by atoms with Crippen molar-refractivity contribution < 1.29 is 14.4 Å². The van der Waals surface area contributed by atoms with Crippen molar-refractivity contribution in [2.45, 2.75) is 18.8 Å². The van der Waals surface area contributed by atoms with Crippen LogP contribution in [0.25, 0.3) is 11.5 Å². The van der Waals surface area contributed by atoms with Gasteiger partial charge in [0.15, 0.2) is 5.82 Å². The molecule has 2 aromatic heterocycles. The molecule has 6 nitrogen and oxygen atoms in total. The largest absolute Gasteiger partial charge is 0.505 e. The third-order valence-electron chi connectivity index (χ3n) is 3.06. The van der Waals surface area contributed by atoms with Crippen molar-refractivity contribution >= 4 is 0 Å². The van der Waals surface area contributed by atoms with Crippen molar-refractivity contribution in [2.75, 3.05) is 13.2 Å². The van der Waals surface area contributed by atoms with E-state index in [1.165, 1.54) is 6.20 Å². The number of hydrogen-bond acceptors (Lipinski definition) is 6. The number of nitrogens with zero attached hydrogens (tertiary/aromatic N) is 3. The molecule has 0 radical (unpaired) electrons. The summed E-state index contributed by atoms with van der Waals surface area (Å²) in [7, 11) is 0. The lowest BCUT2D eigenvalue weighted by Gasteiger charge is -2.18. The maximum absolute atomic E-state index is 9.67. The van der Waals surface area contributed by atoms with Gasteiger partial charge < -0.3 is 14.4 Å². The summed E-state index contributed by atoms with van der Waals surface area (Å²) in [5.41, 5.74) is 0.510. The third kappa shape index (κ3) is 2.06. The molecule has 3 rings (SSSR count). The lowest BCUT2D eigenvalue weighted by Crippen LogP contribution is -2.15. The normalized spacial score (nSPS) is 16.9. The third-order valence-corrected chi connectivity index (χ3v) is 3.06. The average Bonchev–Trinajstić information content (AvgIpc) is 2.90. The summed E-state index contributed by atoms with van der Waals surface area (Å²) in [5.74, 6) is 1.33. The van der Waals surface area contributed by atoms with Crippen LogP contribution in [0.4, 0.5) is 0 Å². The number of aromatic hydroxyl groups is 1. The van der Waals surface area contributed by atoms with E-state index >= 15 is 0 Å². The molecule has 0 aliphatic carbocycles. The first-order chi connectivity index (χ1) is 8.84. The van der Waals surface area contributed by atoms with Gasteiger partial charge in [-0.15, -0.1) is 0 Å². The number of pyridine rings is 1. The fraction of sp³-hybridized carbons (Fsp3) is 0.417. The van der Waals surface area contributed by atoms with Gasteiger partial charge in [0, 0.05) is 25.3 Å². The Hall–Kier alpha value is -1.95. The van der Waals surface area contributed by atoms with Gasteiger partial charge in [-0.3, -0.25) is 4.98 Å². The van der Waals surface area contributed by atoms with Crippen LogP contribution in [-0.4, -0.2) is 33.4 Å². The Balaban J connectivity index is 1.87. The van der Waals surface area contributed by atoms with Crippen LogP contribution >= 0.6 is 0 Å². The molecule has 0 bridgehead atoms. The Morgan fingerprint density at radius 3 is 2.89 bits per heavy atom. The molecule has 1 aliphatic heterocycles. The minimum Gasteiger partial charge on any atom is -0.505 e. The van der Waals surface area contributed by atoms with Crippen LogP contribution in [0.15, 0.2) is 23.0 Å². The molecule has 0 unspecified atom stereocenters. The Morgan fingerprint density at radius 1 is 1.28 bits per heavy atom.